The first kappa shape index (κ1) is 10.3. The average Bonchev–Trinajstić information content (AvgIpc) is 2.84. The van der Waals surface area contributed by atoms with E-state index in [2.05, 4.69) is 47.5 Å². The summed E-state index contributed by atoms with van der Waals surface area (Å²) in [4.78, 5) is 2.68. The highest BCUT2D eigenvalue weighted by Crippen LogP contribution is 2.33. The maximum absolute atomic E-state index is 3.52. The molecule has 2 fully saturated rings. The fraction of sp³-hybridized carbons (Fsp3) is 0.571. The molecule has 1 aromatic rings. The lowest BCUT2D eigenvalue weighted by Crippen LogP contribution is -2.37. The lowest BCUT2D eigenvalue weighted by molar-refractivity contribution is 0.195. The van der Waals surface area contributed by atoms with Gasteiger partial charge in [0.25, 0.3) is 0 Å². The number of hydrogen-bond donors (Lipinski definition) is 1. The van der Waals surface area contributed by atoms with Crippen LogP contribution in [-0.4, -0.2) is 30.1 Å². The molecule has 2 saturated heterocycles. The molecule has 2 heteroatoms. The first-order valence-corrected chi connectivity index (χ1v) is 6.35. The van der Waals surface area contributed by atoms with Gasteiger partial charge in [-0.25, -0.2) is 0 Å². The molecular formula is C14H20N2. The number of hydrogen-bond acceptors (Lipinski definition) is 2. The van der Waals surface area contributed by atoms with Crippen molar-refractivity contribution in [1.82, 2.24) is 10.2 Å². The molecule has 3 atom stereocenters. The molecule has 0 saturated carbocycles. The molecule has 0 aromatic heterocycles. The Morgan fingerprint density at radius 2 is 2.06 bits per heavy atom. The third-order valence-corrected chi connectivity index (χ3v) is 4.15. The first-order chi connectivity index (χ1) is 7.84. The number of nitrogens with one attached hydrogen (secondary N) is 1. The van der Waals surface area contributed by atoms with Crippen LogP contribution in [0.5, 0.6) is 0 Å². The maximum atomic E-state index is 3.52. The van der Waals surface area contributed by atoms with Gasteiger partial charge in [0, 0.05) is 25.2 Å². The molecule has 3 rings (SSSR count). The lowest BCUT2D eigenvalue weighted by atomic mass is 10.0. The molecule has 2 heterocycles. The van der Waals surface area contributed by atoms with Crippen LogP contribution in [0.1, 0.15) is 18.9 Å². The summed E-state index contributed by atoms with van der Waals surface area (Å²) < 4.78 is 0. The number of fused-ring (bicyclic) bond motifs is 1. The Kier molecular flexibility index (Phi) is 2.70. The lowest BCUT2D eigenvalue weighted by Gasteiger charge is -2.27. The van der Waals surface area contributed by atoms with Gasteiger partial charge in [-0.2, -0.15) is 0 Å². The molecule has 0 bridgehead atoms. The second-order valence-corrected chi connectivity index (χ2v) is 5.23. The number of nitrogens with zero attached hydrogens (tertiary/aromatic N) is 1. The van der Waals surface area contributed by atoms with Crippen LogP contribution in [0.3, 0.4) is 0 Å². The highest BCUT2D eigenvalue weighted by molar-refractivity contribution is 5.15. The summed E-state index contributed by atoms with van der Waals surface area (Å²) in [6, 6.07) is 12.4. The highest BCUT2D eigenvalue weighted by atomic mass is 15.3. The van der Waals surface area contributed by atoms with E-state index in [0.717, 1.165) is 24.5 Å². The quantitative estimate of drug-likeness (QED) is 0.812. The molecule has 2 nitrogen and oxygen atoms in total. The highest BCUT2D eigenvalue weighted by Gasteiger charge is 2.41. The Bertz CT molecular complexity index is 349. The van der Waals surface area contributed by atoms with Crippen molar-refractivity contribution in [3.05, 3.63) is 35.9 Å². The predicted octanol–water partition coefficient (Wildman–Crippen LogP) is 1.87. The summed E-state index contributed by atoms with van der Waals surface area (Å²) in [6.07, 6.45) is 1.37. The maximum Gasteiger partial charge on any atom is 0.0267 e. The van der Waals surface area contributed by atoms with E-state index in [0.29, 0.717) is 0 Å². The Hall–Kier alpha value is -0.860. The molecule has 16 heavy (non-hydrogen) atoms. The fourth-order valence-corrected chi connectivity index (χ4v) is 3.32. The van der Waals surface area contributed by atoms with E-state index >= 15 is 0 Å². The molecule has 0 radical (unpaired) electrons. The fourth-order valence-electron chi connectivity index (χ4n) is 3.32. The summed E-state index contributed by atoms with van der Waals surface area (Å²) in [7, 11) is 0. The summed E-state index contributed by atoms with van der Waals surface area (Å²) in [5, 5.41) is 3.52. The van der Waals surface area contributed by atoms with Gasteiger partial charge in [-0.1, -0.05) is 30.3 Å². The van der Waals surface area contributed by atoms with Gasteiger partial charge in [0.2, 0.25) is 0 Å². The standard InChI is InChI=1S/C14H20N2/c1-11-7-13-8-15-9-14(13)16(11)10-12-5-3-2-4-6-12/h2-6,11,13-15H,7-10H2,1H3/t11-,13+,14-/m0/s1. The van der Waals surface area contributed by atoms with Gasteiger partial charge in [0.1, 0.15) is 0 Å². The van der Waals surface area contributed by atoms with Crippen molar-refractivity contribution in [2.45, 2.75) is 32.0 Å². The van der Waals surface area contributed by atoms with Crippen molar-refractivity contribution in [2.75, 3.05) is 13.1 Å². The normalized spacial score (nSPS) is 34.2. The van der Waals surface area contributed by atoms with E-state index < -0.39 is 0 Å². The molecule has 0 unspecified atom stereocenters. The zero-order valence-electron chi connectivity index (χ0n) is 9.89. The van der Waals surface area contributed by atoms with Gasteiger partial charge in [0.05, 0.1) is 0 Å². The molecular weight excluding hydrogens is 196 g/mol. The SMILES string of the molecule is C[C@H]1C[C@@H]2CNC[C@@H]2N1Cc1ccccc1. The topological polar surface area (TPSA) is 15.3 Å². The van der Waals surface area contributed by atoms with Crippen molar-refractivity contribution in [1.29, 1.82) is 0 Å². The number of benzene rings is 1. The van der Waals surface area contributed by atoms with Crippen LogP contribution in [0, 0.1) is 5.92 Å². The Morgan fingerprint density at radius 3 is 2.88 bits per heavy atom. The smallest absolute Gasteiger partial charge is 0.0267 e. The van der Waals surface area contributed by atoms with Gasteiger partial charge in [-0.05, 0) is 31.4 Å². The molecule has 0 amide bonds. The van der Waals surface area contributed by atoms with Crippen LogP contribution in [0.25, 0.3) is 0 Å². The third-order valence-electron chi connectivity index (χ3n) is 4.15. The van der Waals surface area contributed by atoms with Gasteiger partial charge < -0.3 is 5.32 Å². The average molecular weight is 216 g/mol. The van der Waals surface area contributed by atoms with Crippen molar-refractivity contribution in [3.8, 4) is 0 Å². The minimum absolute atomic E-state index is 0.748. The van der Waals surface area contributed by atoms with E-state index in [4.69, 9.17) is 0 Å². The van der Waals surface area contributed by atoms with Crippen LogP contribution in [0.2, 0.25) is 0 Å². The summed E-state index contributed by atoms with van der Waals surface area (Å²) in [5.41, 5.74) is 1.45. The van der Waals surface area contributed by atoms with Crippen LogP contribution in [0.15, 0.2) is 30.3 Å². The van der Waals surface area contributed by atoms with Crippen LogP contribution < -0.4 is 5.32 Å². The zero-order valence-corrected chi connectivity index (χ0v) is 9.89. The summed E-state index contributed by atoms with van der Waals surface area (Å²) in [5.74, 6) is 0.888. The van der Waals surface area contributed by atoms with Gasteiger partial charge in [0.15, 0.2) is 0 Å². The van der Waals surface area contributed by atoms with E-state index in [1.54, 1.807) is 0 Å². The van der Waals surface area contributed by atoms with Crippen LogP contribution in [0.4, 0.5) is 0 Å². The van der Waals surface area contributed by atoms with E-state index in [1.165, 1.54) is 25.1 Å². The second kappa shape index (κ2) is 4.19. The Morgan fingerprint density at radius 1 is 1.25 bits per heavy atom. The minimum Gasteiger partial charge on any atom is -0.315 e. The molecule has 0 spiro atoms. The minimum atomic E-state index is 0.748. The van der Waals surface area contributed by atoms with Gasteiger partial charge in [-0.3, -0.25) is 4.90 Å². The van der Waals surface area contributed by atoms with Gasteiger partial charge in [-0.15, -0.1) is 0 Å². The Balaban J connectivity index is 1.74. The van der Waals surface area contributed by atoms with Crippen LogP contribution >= 0.6 is 0 Å². The first-order valence-electron chi connectivity index (χ1n) is 6.35. The summed E-state index contributed by atoms with van der Waals surface area (Å²) >= 11 is 0. The van der Waals surface area contributed by atoms with E-state index in [-0.39, 0.29) is 0 Å². The molecule has 86 valence electrons. The summed E-state index contributed by atoms with van der Waals surface area (Å²) in [6.45, 7) is 5.90. The molecule has 2 aliphatic rings. The zero-order chi connectivity index (χ0) is 11.0. The van der Waals surface area contributed by atoms with Crippen molar-refractivity contribution >= 4 is 0 Å². The molecule has 0 aliphatic carbocycles. The molecule has 1 N–H and O–H groups in total. The van der Waals surface area contributed by atoms with Crippen molar-refractivity contribution < 1.29 is 0 Å². The van der Waals surface area contributed by atoms with Gasteiger partial charge >= 0.3 is 0 Å². The molecule has 2 aliphatic heterocycles. The predicted molar refractivity (Wildman–Crippen MR) is 66.2 cm³/mol. The number of likely N-dealkylation sites (tertiary alicyclic amines) is 1. The van der Waals surface area contributed by atoms with E-state index in [9.17, 15) is 0 Å². The second-order valence-electron chi connectivity index (χ2n) is 5.23. The van der Waals surface area contributed by atoms with Crippen molar-refractivity contribution in [3.63, 3.8) is 0 Å². The third kappa shape index (κ3) is 1.76. The monoisotopic (exact) mass is 216 g/mol. The number of rotatable bonds is 2. The van der Waals surface area contributed by atoms with Crippen molar-refractivity contribution in [2.24, 2.45) is 5.92 Å². The largest absolute Gasteiger partial charge is 0.315 e. The Labute approximate surface area is 97.6 Å². The molecule has 1 aromatic carbocycles. The van der Waals surface area contributed by atoms with E-state index in [1.807, 2.05) is 0 Å². The van der Waals surface area contributed by atoms with Crippen LogP contribution in [-0.2, 0) is 6.54 Å².